The predicted octanol–water partition coefficient (Wildman–Crippen LogP) is 2.16. The van der Waals surface area contributed by atoms with E-state index in [0.717, 1.165) is 16.6 Å². The first kappa shape index (κ1) is 12.4. The van der Waals surface area contributed by atoms with Crippen molar-refractivity contribution in [1.29, 1.82) is 0 Å². The zero-order chi connectivity index (χ0) is 13.9. The van der Waals surface area contributed by atoms with Crippen molar-refractivity contribution in [1.82, 2.24) is 15.1 Å². The summed E-state index contributed by atoms with van der Waals surface area (Å²) >= 11 is 0. The Morgan fingerprint density at radius 3 is 2.95 bits per heavy atom. The van der Waals surface area contributed by atoms with E-state index in [-0.39, 0.29) is 0 Å². The smallest absolute Gasteiger partial charge is 0.223 e. The zero-order valence-electron chi connectivity index (χ0n) is 11.1. The lowest BCUT2D eigenvalue weighted by Gasteiger charge is -2.11. The van der Waals surface area contributed by atoms with Crippen molar-refractivity contribution in [2.75, 3.05) is 17.6 Å². The van der Waals surface area contributed by atoms with Crippen LogP contribution in [0.2, 0.25) is 0 Å². The SMILES string of the molecule is Cc1nc(CCNc2c(N)cnc3ccccc23)no1. The summed E-state index contributed by atoms with van der Waals surface area (Å²) in [7, 11) is 0. The number of anilines is 2. The summed E-state index contributed by atoms with van der Waals surface area (Å²) in [5.74, 6) is 1.26. The first-order chi connectivity index (χ1) is 9.74. The van der Waals surface area contributed by atoms with Crippen molar-refractivity contribution in [3.05, 3.63) is 42.2 Å². The third-order valence-electron chi connectivity index (χ3n) is 3.02. The summed E-state index contributed by atoms with van der Waals surface area (Å²) in [6, 6.07) is 7.89. The summed E-state index contributed by atoms with van der Waals surface area (Å²) in [4.78, 5) is 8.47. The molecular formula is C14H15N5O. The van der Waals surface area contributed by atoms with Crippen molar-refractivity contribution in [3.63, 3.8) is 0 Å². The van der Waals surface area contributed by atoms with Gasteiger partial charge in [-0.05, 0) is 6.07 Å². The van der Waals surface area contributed by atoms with Gasteiger partial charge in [-0.15, -0.1) is 0 Å². The van der Waals surface area contributed by atoms with Gasteiger partial charge in [-0.3, -0.25) is 4.98 Å². The summed E-state index contributed by atoms with van der Waals surface area (Å²) in [6.07, 6.45) is 2.34. The molecule has 20 heavy (non-hydrogen) atoms. The molecule has 6 nitrogen and oxygen atoms in total. The minimum Gasteiger partial charge on any atom is -0.396 e. The lowest BCUT2D eigenvalue weighted by Crippen LogP contribution is -2.08. The van der Waals surface area contributed by atoms with Crippen LogP contribution in [0.3, 0.4) is 0 Å². The van der Waals surface area contributed by atoms with Crippen LogP contribution >= 0.6 is 0 Å². The van der Waals surface area contributed by atoms with Gasteiger partial charge in [0.15, 0.2) is 5.82 Å². The first-order valence-corrected chi connectivity index (χ1v) is 6.40. The average Bonchev–Trinajstić information content (AvgIpc) is 2.87. The second kappa shape index (κ2) is 5.16. The average molecular weight is 269 g/mol. The number of nitrogens with one attached hydrogen (secondary N) is 1. The summed E-state index contributed by atoms with van der Waals surface area (Å²) in [5.41, 5.74) is 8.44. The highest BCUT2D eigenvalue weighted by molar-refractivity contribution is 5.96. The highest BCUT2D eigenvalue weighted by atomic mass is 16.5. The van der Waals surface area contributed by atoms with Gasteiger partial charge in [0, 0.05) is 25.3 Å². The van der Waals surface area contributed by atoms with Gasteiger partial charge in [-0.1, -0.05) is 23.4 Å². The van der Waals surface area contributed by atoms with Crippen molar-refractivity contribution in [2.24, 2.45) is 0 Å². The number of aryl methyl sites for hydroxylation is 1. The highest BCUT2D eigenvalue weighted by Gasteiger charge is 2.07. The number of rotatable bonds is 4. The third kappa shape index (κ3) is 2.40. The van der Waals surface area contributed by atoms with Crippen molar-refractivity contribution in [2.45, 2.75) is 13.3 Å². The Balaban J connectivity index is 1.78. The van der Waals surface area contributed by atoms with E-state index < -0.39 is 0 Å². The Hall–Kier alpha value is -2.63. The summed E-state index contributed by atoms with van der Waals surface area (Å²) in [6.45, 7) is 2.45. The molecule has 3 N–H and O–H groups in total. The van der Waals surface area contributed by atoms with Gasteiger partial charge < -0.3 is 15.6 Å². The molecule has 3 rings (SSSR count). The Morgan fingerprint density at radius 2 is 2.15 bits per heavy atom. The Labute approximate surface area is 116 Å². The predicted molar refractivity (Wildman–Crippen MR) is 77.4 cm³/mol. The molecule has 6 heteroatoms. The van der Waals surface area contributed by atoms with Gasteiger partial charge in [0.1, 0.15) is 0 Å². The Bertz CT molecular complexity index is 737. The highest BCUT2D eigenvalue weighted by Crippen LogP contribution is 2.27. The van der Waals surface area contributed by atoms with Gasteiger partial charge in [-0.25, -0.2) is 0 Å². The molecule has 2 aromatic heterocycles. The minimum absolute atomic E-state index is 0.578. The molecule has 0 fully saturated rings. The Morgan fingerprint density at radius 1 is 1.30 bits per heavy atom. The molecule has 3 aromatic rings. The fraction of sp³-hybridized carbons (Fsp3) is 0.214. The van der Waals surface area contributed by atoms with E-state index in [4.69, 9.17) is 10.3 Å². The number of para-hydroxylation sites is 1. The summed E-state index contributed by atoms with van der Waals surface area (Å²) < 4.78 is 4.94. The van der Waals surface area contributed by atoms with E-state index in [2.05, 4.69) is 20.4 Å². The normalized spacial score (nSPS) is 10.8. The maximum absolute atomic E-state index is 6.00. The van der Waals surface area contributed by atoms with Gasteiger partial charge in [0.05, 0.1) is 23.1 Å². The topological polar surface area (TPSA) is 89.9 Å². The van der Waals surface area contributed by atoms with E-state index in [9.17, 15) is 0 Å². The number of hydrogen-bond acceptors (Lipinski definition) is 6. The lowest BCUT2D eigenvalue weighted by molar-refractivity contribution is 0.387. The zero-order valence-corrected chi connectivity index (χ0v) is 11.1. The van der Waals surface area contributed by atoms with Crippen LogP contribution in [0.5, 0.6) is 0 Å². The molecule has 0 unspecified atom stereocenters. The number of hydrogen-bond donors (Lipinski definition) is 2. The van der Waals surface area contributed by atoms with Gasteiger partial charge in [0.25, 0.3) is 0 Å². The molecule has 0 radical (unpaired) electrons. The molecule has 0 saturated carbocycles. The number of nitrogens with zero attached hydrogens (tertiary/aromatic N) is 3. The number of pyridine rings is 1. The molecule has 0 aliphatic rings. The van der Waals surface area contributed by atoms with Crippen LogP contribution < -0.4 is 11.1 Å². The standard InChI is InChI=1S/C14H15N5O/c1-9-18-13(19-20-9)6-7-16-14-10-4-2-3-5-12(10)17-8-11(14)15/h2-5,8H,6-7,15H2,1H3,(H,16,17). The second-order valence-corrected chi connectivity index (χ2v) is 4.51. The molecule has 0 amide bonds. The number of nitrogens with two attached hydrogens (primary N) is 1. The fourth-order valence-corrected chi connectivity index (χ4v) is 2.10. The van der Waals surface area contributed by atoms with Crippen LogP contribution in [-0.4, -0.2) is 21.7 Å². The Kier molecular flexibility index (Phi) is 3.20. The van der Waals surface area contributed by atoms with Crippen LogP contribution in [0.15, 0.2) is 35.0 Å². The van der Waals surface area contributed by atoms with Gasteiger partial charge in [0.2, 0.25) is 5.89 Å². The van der Waals surface area contributed by atoms with Crippen molar-refractivity contribution in [3.8, 4) is 0 Å². The van der Waals surface area contributed by atoms with E-state index in [0.29, 0.717) is 30.4 Å². The quantitative estimate of drug-likeness (QED) is 0.754. The molecular weight excluding hydrogens is 254 g/mol. The van der Waals surface area contributed by atoms with Crippen LogP contribution in [0.25, 0.3) is 10.9 Å². The molecule has 2 heterocycles. The molecule has 102 valence electrons. The third-order valence-corrected chi connectivity index (χ3v) is 3.02. The molecule has 0 aliphatic heterocycles. The molecule has 0 atom stereocenters. The second-order valence-electron chi connectivity index (χ2n) is 4.51. The van der Waals surface area contributed by atoms with Gasteiger partial charge in [-0.2, -0.15) is 4.98 Å². The fourth-order valence-electron chi connectivity index (χ4n) is 2.10. The van der Waals surface area contributed by atoms with Crippen LogP contribution in [0.4, 0.5) is 11.4 Å². The molecule has 0 aliphatic carbocycles. The van der Waals surface area contributed by atoms with Crippen molar-refractivity contribution >= 4 is 22.3 Å². The minimum atomic E-state index is 0.578. The number of fused-ring (bicyclic) bond motifs is 1. The number of aromatic nitrogens is 3. The van der Waals surface area contributed by atoms with E-state index >= 15 is 0 Å². The van der Waals surface area contributed by atoms with Crippen molar-refractivity contribution < 1.29 is 4.52 Å². The maximum atomic E-state index is 6.00. The molecule has 0 spiro atoms. The van der Waals surface area contributed by atoms with E-state index in [1.165, 1.54) is 0 Å². The number of benzene rings is 1. The lowest BCUT2D eigenvalue weighted by atomic mass is 10.1. The van der Waals surface area contributed by atoms with Crippen LogP contribution in [0.1, 0.15) is 11.7 Å². The number of nitrogen functional groups attached to an aromatic ring is 1. The van der Waals surface area contributed by atoms with E-state index in [1.54, 1.807) is 13.1 Å². The molecule has 0 bridgehead atoms. The maximum Gasteiger partial charge on any atom is 0.223 e. The first-order valence-electron chi connectivity index (χ1n) is 6.40. The van der Waals surface area contributed by atoms with E-state index in [1.807, 2.05) is 24.3 Å². The van der Waals surface area contributed by atoms with Crippen LogP contribution in [0, 0.1) is 6.92 Å². The molecule has 1 aromatic carbocycles. The largest absolute Gasteiger partial charge is 0.396 e. The van der Waals surface area contributed by atoms with Crippen LogP contribution in [-0.2, 0) is 6.42 Å². The van der Waals surface area contributed by atoms with Gasteiger partial charge >= 0.3 is 0 Å². The monoisotopic (exact) mass is 269 g/mol. The molecule has 0 saturated heterocycles. The summed E-state index contributed by atoms with van der Waals surface area (Å²) in [5, 5.41) is 8.20.